The first-order valence-electron chi connectivity index (χ1n) is 6.91. The van der Waals surface area contributed by atoms with Crippen LogP contribution >= 0.6 is 0 Å². The molecule has 1 N–H and O–H groups in total. The smallest absolute Gasteiger partial charge is 0.307 e. The second-order valence-corrected chi connectivity index (χ2v) is 5.75. The molecule has 1 aromatic rings. The highest BCUT2D eigenvalue weighted by molar-refractivity contribution is 5.70. The molecule has 0 heterocycles. The Balaban J connectivity index is 2.44. The maximum absolute atomic E-state index is 11.6. The molecule has 0 aliphatic carbocycles. The van der Waals surface area contributed by atoms with Crippen molar-refractivity contribution in [3.63, 3.8) is 0 Å². The Labute approximate surface area is 121 Å². The zero-order chi connectivity index (χ0) is 15.2. The molecular weight excluding hydrogens is 254 g/mol. The third-order valence-corrected chi connectivity index (χ3v) is 2.81. The predicted octanol–water partition coefficient (Wildman–Crippen LogP) is 3.08. The van der Waals surface area contributed by atoms with Crippen molar-refractivity contribution in [3.8, 4) is 5.75 Å². The number of ether oxygens (including phenoxy) is 2. The molecule has 4 heteroatoms. The molecule has 1 atom stereocenters. The van der Waals surface area contributed by atoms with Crippen molar-refractivity contribution in [1.82, 2.24) is 5.32 Å². The maximum atomic E-state index is 11.6. The molecule has 4 nitrogen and oxygen atoms in total. The first-order valence-corrected chi connectivity index (χ1v) is 6.91. The zero-order valence-electron chi connectivity index (χ0n) is 13.0. The Morgan fingerprint density at radius 1 is 1.30 bits per heavy atom. The van der Waals surface area contributed by atoms with E-state index in [9.17, 15) is 4.79 Å². The monoisotopic (exact) mass is 279 g/mol. The third-order valence-electron chi connectivity index (χ3n) is 2.81. The summed E-state index contributed by atoms with van der Waals surface area (Å²) in [6.07, 6.45) is 0.358. The minimum Gasteiger partial charge on any atom is -0.496 e. The quantitative estimate of drug-likeness (QED) is 0.813. The van der Waals surface area contributed by atoms with Crippen LogP contribution in [0.15, 0.2) is 24.3 Å². The standard InChI is InChI=1S/C16H25NO3/c1-12(13-8-6-7-9-14(13)19-5)17-11-10-15(18)20-16(2,3)4/h6-9,12,17H,10-11H2,1-5H3/t12-/m0/s1. The minimum atomic E-state index is -0.425. The molecule has 1 aromatic carbocycles. The van der Waals surface area contributed by atoms with Gasteiger partial charge in [-0.3, -0.25) is 4.79 Å². The molecule has 0 saturated carbocycles. The summed E-state index contributed by atoms with van der Waals surface area (Å²) in [5.41, 5.74) is 0.657. The average Bonchev–Trinajstić information content (AvgIpc) is 2.36. The second-order valence-electron chi connectivity index (χ2n) is 5.75. The first-order chi connectivity index (χ1) is 9.33. The van der Waals surface area contributed by atoms with Crippen LogP contribution in [0, 0.1) is 0 Å². The highest BCUT2D eigenvalue weighted by Crippen LogP contribution is 2.24. The van der Waals surface area contributed by atoms with Crippen molar-refractivity contribution in [3.05, 3.63) is 29.8 Å². The van der Waals surface area contributed by atoms with Gasteiger partial charge in [0.1, 0.15) is 11.4 Å². The van der Waals surface area contributed by atoms with E-state index in [0.717, 1.165) is 11.3 Å². The second kappa shape index (κ2) is 7.29. The van der Waals surface area contributed by atoms with Crippen molar-refractivity contribution in [2.24, 2.45) is 0 Å². The third kappa shape index (κ3) is 5.61. The van der Waals surface area contributed by atoms with Crippen molar-refractivity contribution in [1.29, 1.82) is 0 Å². The van der Waals surface area contributed by atoms with Gasteiger partial charge in [-0.1, -0.05) is 18.2 Å². The molecule has 1 rings (SSSR count). The molecule has 0 aliphatic heterocycles. The van der Waals surface area contributed by atoms with Crippen LogP contribution in [0.2, 0.25) is 0 Å². The number of esters is 1. The molecule has 0 saturated heterocycles. The van der Waals surface area contributed by atoms with E-state index in [1.807, 2.05) is 52.0 Å². The van der Waals surface area contributed by atoms with Crippen LogP contribution in [0.5, 0.6) is 5.75 Å². The predicted molar refractivity (Wildman–Crippen MR) is 79.9 cm³/mol. The van der Waals surface area contributed by atoms with E-state index in [1.54, 1.807) is 7.11 Å². The Morgan fingerprint density at radius 2 is 1.95 bits per heavy atom. The number of rotatable bonds is 6. The van der Waals surface area contributed by atoms with E-state index in [1.165, 1.54) is 0 Å². The van der Waals surface area contributed by atoms with E-state index in [4.69, 9.17) is 9.47 Å². The van der Waals surface area contributed by atoms with E-state index in [0.29, 0.717) is 13.0 Å². The summed E-state index contributed by atoms with van der Waals surface area (Å²) < 4.78 is 10.6. The van der Waals surface area contributed by atoms with Gasteiger partial charge >= 0.3 is 5.97 Å². The van der Waals surface area contributed by atoms with Crippen molar-refractivity contribution >= 4 is 5.97 Å². The molecular formula is C16H25NO3. The molecule has 0 aliphatic rings. The van der Waals surface area contributed by atoms with Gasteiger partial charge in [0.05, 0.1) is 13.5 Å². The van der Waals surface area contributed by atoms with E-state index >= 15 is 0 Å². The van der Waals surface area contributed by atoms with Crippen LogP contribution in [-0.4, -0.2) is 25.2 Å². The van der Waals surface area contributed by atoms with Crippen LogP contribution in [0.3, 0.4) is 0 Å². The van der Waals surface area contributed by atoms with Crippen molar-refractivity contribution in [2.75, 3.05) is 13.7 Å². The number of benzene rings is 1. The number of methoxy groups -OCH3 is 1. The van der Waals surface area contributed by atoms with Gasteiger partial charge in [0.2, 0.25) is 0 Å². The van der Waals surface area contributed by atoms with E-state index < -0.39 is 5.60 Å². The molecule has 0 aromatic heterocycles. The lowest BCUT2D eigenvalue weighted by molar-refractivity contribution is -0.154. The highest BCUT2D eigenvalue weighted by Gasteiger charge is 2.16. The maximum Gasteiger partial charge on any atom is 0.307 e. The highest BCUT2D eigenvalue weighted by atomic mass is 16.6. The lowest BCUT2D eigenvalue weighted by Gasteiger charge is -2.20. The minimum absolute atomic E-state index is 0.119. The van der Waals surface area contributed by atoms with Gasteiger partial charge in [-0.15, -0.1) is 0 Å². The number of nitrogens with one attached hydrogen (secondary N) is 1. The largest absolute Gasteiger partial charge is 0.496 e. The van der Waals surface area contributed by atoms with Gasteiger partial charge in [0.15, 0.2) is 0 Å². The summed E-state index contributed by atoms with van der Waals surface area (Å²) >= 11 is 0. The van der Waals surface area contributed by atoms with E-state index in [2.05, 4.69) is 5.32 Å². The fourth-order valence-electron chi connectivity index (χ4n) is 1.92. The molecule has 0 radical (unpaired) electrons. The van der Waals surface area contributed by atoms with Crippen molar-refractivity contribution in [2.45, 2.75) is 45.8 Å². The average molecular weight is 279 g/mol. The molecule has 112 valence electrons. The molecule has 0 fully saturated rings. The Morgan fingerprint density at radius 3 is 2.55 bits per heavy atom. The van der Waals surface area contributed by atoms with Crippen LogP contribution in [0.4, 0.5) is 0 Å². The van der Waals surface area contributed by atoms with Gasteiger partial charge < -0.3 is 14.8 Å². The van der Waals surface area contributed by atoms with Gasteiger partial charge in [-0.05, 0) is 33.8 Å². The van der Waals surface area contributed by atoms with Crippen molar-refractivity contribution < 1.29 is 14.3 Å². The fourth-order valence-corrected chi connectivity index (χ4v) is 1.92. The SMILES string of the molecule is COc1ccccc1[C@H](C)NCCC(=O)OC(C)(C)C. The molecule has 0 amide bonds. The summed E-state index contributed by atoms with van der Waals surface area (Å²) in [5.74, 6) is 0.669. The van der Waals surface area contributed by atoms with Gasteiger partial charge in [-0.2, -0.15) is 0 Å². The summed E-state index contributed by atoms with van der Waals surface area (Å²) in [5, 5.41) is 3.31. The van der Waals surface area contributed by atoms with Gasteiger partial charge in [0.25, 0.3) is 0 Å². The molecule has 20 heavy (non-hydrogen) atoms. The summed E-state index contributed by atoms with van der Waals surface area (Å²) in [6.45, 7) is 8.24. The fraction of sp³-hybridized carbons (Fsp3) is 0.562. The topological polar surface area (TPSA) is 47.6 Å². The van der Waals surface area contributed by atoms with Gasteiger partial charge in [-0.25, -0.2) is 0 Å². The van der Waals surface area contributed by atoms with Crippen LogP contribution < -0.4 is 10.1 Å². The number of hydrogen-bond donors (Lipinski definition) is 1. The molecule has 0 spiro atoms. The Hall–Kier alpha value is -1.55. The lowest BCUT2D eigenvalue weighted by atomic mass is 10.1. The summed E-state index contributed by atoms with van der Waals surface area (Å²) in [6, 6.07) is 7.99. The Kier molecular flexibility index (Phi) is 6.02. The van der Waals surface area contributed by atoms with Gasteiger partial charge in [0, 0.05) is 18.2 Å². The number of para-hydroxylation sites is 1. The number of carbonyl (C=O) groups is 1. The van der Waals surface area contributed by atoms with Crippen LogP contribution in [0.1, 0.15) is 45.7 Å². The lowest BCUT2D eigenvalue weighted by Crippen LogP contribution is -2.27. The normalized spacial score (nSPS) is 12.8. The number of carbonyl (C=O) groups excluding carboxylic acids is 1. The molecule has 0 bridgehead atoms. The summed E-state index contributed by atoms with van der Waals surface area (Å²) in [4.78, 5) is 11.6. The number of hydrogen-bond acceptors (Lipinski definition) is 4. The first kappa shape index (κ1) is 16.5. The zero-order valence-corrected chi connectivity index (χ0v) is 13.0. The van der Waals surface area contributed by atoms with Crippen LogP contribution in [0.25, 0.3) is 0 Å². The molecule has 0 unspecified atom stereocenters. The summed E-state index contributed by atoms with van der Waals surface area (Å²) in [7, 11) is 1.66. The Bertz CT molecular complexity index is 438. The van der Waals surface area contributed by atoms with Crippen LogP contribution in [-0.2, 0) is 9.53 Å². The van der Waals surface area contributed by atoms with E-state index in [-0.39, 0.29) is 12.0 Å².